The van der Waals surface area contributed by atoms with Crippen molar-refractivity contribution < 1.29 is 18.7 Å². The number of hydrogen-bond acceptors (Lipinski definition) is 13. The number of piperidine rings is 2. The molecule has 3 atom stereocenters. The van der Waals surface area contributed by atoms with E-state index in [9.17, 15) is 14.0 Å². The van der Waals surface area contributed by atoms with Crippen molar-refractivity contribution in [3.8, 4) is 28.5 Å². The van der Waals surface area contributed by atoms with E-state index in [1.165, 1.54) is 12.1 Å². The number of hydrogen-bond donors (Lipinski definition) is 8. The minimum Gasteiger partial charge on any atom is -0.493 e. The number of aromatic nitrogens is 8. The molecule has 0 saturated carbocycles. The Balaban J connectivity index is 0.792. The Hall–Kier alpha value is -8.58. The molecule has 2 amide bonds. The number of ether oxygens (including phenoxy) is 1. The molecule has 8 N–H and O–H groups in total. The summed E-state index contributed by atoms with van der Waals surface area (Å²) in [5, 5.41) is 38.9. The topological polar surface area (TPSA) is 224 Å². The summed E-state index contributed by atoms with van der Waals surface area (Å²) in [5.74, 6) is 2.25. The van der Waals surface area contributed by atoms with Gasteiger partial charge in [-0.15, -0.1) is 0 Å². The molecule has 0 spiro atoms. The van der Waals surface area contributed by atoms with Gasteiger partial charge in [0.1, 0.15) is 11.6 Å². The van der Waals surface area contributed by atoms with Gasteiger partial charge in [0.25, 0.3) is 11.8 Å². The maximum Gasteiger partial charge on any atom is 0.251 e. The average Bonchev–Trinajstić information content (AvgIpc) is 4.42. The number of nitrogens with one attached hydrogen (secondary N) is 8. The third-order valence-corrected chi connectivity index (χ3v) is 15.5. The van der Waals surface area contributed by atoms with E-state index < -0.39 is 17.1 Å². The molecular weight excluding hydrogens is 1010 g/mol. The molecule has 3 aliphatic heterocycles. The van der Waals surface area contributed by atoms with Crippen LogP contribution in [0, 0.1) is 5.82 Å². The fraction of sp³-hybridized carbons (Fsp3) is 0.254. The van der Waals surface area contributed by atoms with E-state index in [0.717, 1.165) is 76.0 Å². The Labute approximate surface area is 454 Å². The first-order chi connectivity index (χ1) is 38.1. The highest BCUT2D eigenvalue weighted by Gasteiger charge is 2.44. The summed E-state index contributed by atoms with van der Waals surface area (Å²) in [6.45, 7) is 4.68. The number of H-pyrrole nitrogens is 2. The van der Waals surface area contributed by atoms with Crippen molar-refractivity contribution in [2.24, 2.45) is 0 Å². The highest BCUT2D eigenvalue weighted by Crippen LogP contribution is 2.48. The van der Waals surface area contributed by atoms with Gasteiger partial charge < -0.3 is 36.6 Å². The van der Waals surface area contributed by atoms with Crippen molar-refractivity contribution >= 4 is 45.6 Å². The number of anilines is 2. The highest BCUT2D eigenvalue weighted by molar-refractivity contribution is 6.31. The van der Waals surface area contributed by atoms with Crippen LogP contribution in [0.3, 0.4) is 0 Å². The Bertz CT molecular complexity index is 3670. The number of aromatic amines is 2. The van der Waals surface area contributed by atoms with E-state index in [1.807, 2.05) is 97.9 Å². The Kier molecular flexibility index (Phi) is 13.8. The van der Waals surface area contributed by atoms with Crippen LogP contribution in [-0.4, -0.2) is 78.4 Å². The molecule has 4 aromatic heterocycles. The average molecular weight is 1060 g/mol. The number of carbonyl (C=O) groups excluding carboxylic acids is 2. The van der Waals surface area contributed by atoms with Crippen molar-refractivity contribution in [2.45, 2.75) is 68.7 Å². The number of pyridine rings is 2. The number of carbonyl (C=O) groups is 2. The minimum absolute atomic E-state index is 0.146. The molecule has 3 unspecified atom stereocenters. The van der Waals surface area contributed by atoms with Gasteiger partial charge in [-0.05, 0) is 153 Å². The van der Waals surface area contributed by atoms with E-state index in [0.29, 0.717) is 83.0 Å². The van der Waals surface area contributed by atoms with Crippen molar-refractivity contribution in [1.82, 2.24) is 61.6 Å². The van der Waals surface area contributed by atoms with Crippen LogP contribution in [0.4, 0.5) is 15.8 Å². The molecule has 0 radical (unpaired) electrons. The molecule has 3 aliphatic rings. The monoisotopic (exact) mass is 1060 g/mol. The second kappa shape index (κ2) is 21.4. The van der Waals surface area contributed by atoms with Crippen LogP contribution in [0.5, 0.6) is 5.75 Å². The lowest BCUT2D eigenvalue weighted by Gasteiger charge is -2.42. The summed E-state index contributed by atoms with van der Waals surface area (Å²) < 4.78 is 21.1. The maximum atomic E-state index is 14.6. The lowest BCUT2D eigenvalue weighted by molar-refractivity contribution is 0.0935. The predicted molar refractivity (Wildman–Crippen MR) is 296 cm³/mol. The van der Waals surface area contributed by atoms with Gasteiger partial charge in [0.15, 0.2) is 23.3 Å². The number of benzene rings is 5. The third-order valence-electron chi connectivity index (χ3n) is 15.2. The summed E-state index contributed by atoms with van der Waals surface area (Å²) in [6.07, 6.45) is 10.0. The van der Waals surface area contributed by atoms with Gasteiger partial charge in [-0.3, -0.25) is 29.8 Å². The zero-order valence-corrected chi connectivity index (χ0v) is 43.4. The number of fused-ring (bicyclic) bond motifs is 2. The molecule has 19 heteroatoms. The van der Waals surface area contributed by atoms with Gasteiger partial charge in [-0.1, -0.05) is 48.0 Å². The zero-order valence-electron chi connectivity index (χ0n) is 42.7. The van der Waals surface area contributed by atoms with Crippen LogP contribution in [0.2, 0.25) is 5.02 Å². The number of nitrogens with zero attached hydrogens (tertiary/aromatic N) is 6. The standard InChI is InChI=1S/C59H56ClFN14O3/c1-35(67-55(77)40-8-5-9-43(31-40)70-58(17-24-64-25-18-58)56-68-52(72-74-56)36-12-20-62-21-13-36)47-32-48(60)50(46-16-27-78-51(46)47)49-33-59(19-26-65-49,57-69-53(73-75-57)37-14-22-63-23-15-37)71-44-10-4-7-39(30-44)54(76)66-34-41-29-42(61)28-38-6-2-3-11-45(38)41/h2-15,20-23,28-32,35,49,64-65,70-71H,16-19,24-27,33-34H2,1H3,(H,66,76)(H,67,77)(H,68,72,74)(H,69,73,75). The van der Waals surface area contributed by atoms with Crippen molar-refractivity contribution in [1.29, 1.82) is 0 Å². The molecule has 12 rings (SSSR count). The van der Waals surface area contributed by atoms with Gasteiger partial charge >= 0.3 is 0 Å². The van der Waals surface area contributed by atoms with Gasteiger partial charge in [0.2, 0.25) is 0 Å². The van der Waals surface area contributed by atoms with E-state index >= 15 is 0 Å². The van der Waals surface area contributed by atoms with Gasteiger partial charge in [0.05, 0.1) is 23.7 Å². The number of amides is 2. The third kappa shape index (κ3) is 10.1. The number of halogens is 2. The van der Waals surface area contributed by atoms with Crippen molar-refractivity contribution in [2.75, 3.05) is 36.9 Å². The Morgan fingerprint density at radius 1 is 0.744 bits per heavy atom. The van der Waals surface area contributed by atoms with E-state index in [4.69, 9.17) is 26.3 Å². The Morgan fingerprint density at radius 3 is 2.06 bits per heavy atom. The molecule has 394 valence electrons. The van der Waals surface area contributed by atoms with Crippen LogP contribution in [-0.2, 0) is 24.0 Å². The fourth-order valence-corrected chi connectivity index (χ4v) is 11.7. The number of rotatable bonds is 15. The van der Waals surface area contributed by atoms with Crippen LogP contribution in [0.15, 0.2) is 140 Å². The first kappa shape index (κ1) is 50.2. The maximum absolute atomic E-state index is 14.6. The zero-order chi connectivity index (χ0) is 53.2. The molecule has 9 aromatic rings. The molecule has 2 fully saturated rings. The summed E-state index contributed by atoms with van der Waals surface area (Å²) in [7, 11) is 0. The predicted octanol–water partition coefficient (Wildman–Crippen LogP) is 9.47. The summed E-state index contributed by atoms with van der Waals surface area (Å²) >= 11 is 7.45. The van der Waals surface area contributed by atoms with E-state index in [2.05, 4.69) is 62.3 Å². The SMILES string of the molecule is CC(NC(=O)c1cccc(NC2(c3nc(-c4ccncc4)n[nH]3)CCNCC2)c1)c1cc(Cl)c(C2CC(Nc3cccc(C(=O)NCc4cc(F)cc5ccccc45)c3)(c3nc(-c4ccncc4)n[nH]3)CCN2)c2c1OCC2. The normalized spacial score (nSPS) is 18.1. The summed E-state index contributed by atoms with van der Waals surface area (Å²) in [6, 6.07) is 34.0. The fourth-order valence-electron chi connectivity index (χ4n) is 11.3. The smallest absolute Gasteiger partial charge is 0.251 e. The molecule has 5 aromatic carbocycles. The van der Waals surface area contributed by atoms with Gasteiger partial charge in [0, 0.05) is 93.6 Å². The van der Waals surface area contributed by atoms with Crippen molar-refractivity contribution in [3.63, 3.8) is 0 Å². The molecule has 7 heterocycles. The first-order valence-electron chi connectivity index (χ1n) is 26.2. The largest absolute Gasteiger partial charge is 0.493 e. The minimum atomic E-state index is -0.839. The van der Waals surface area contributed by atoms with E-state index in [-0.39, 0.29) is 30.2 Å². The summed E-state index contributed by atoms with van der Waals surface area (Å²) in [4.78, 5) is 46.4. The van der Waals surface area contributed by atoms with Crippen molar-refractivity contribution in [3.05, 3.63) is 196 Å². The molecule has 78 heavy (non-hydrogen) atoms. The van der Waals surface area contributed by atoms with E-state index in [1.54, 1.807) is 36.9 Å². The van der Waals surface area contributed by atoms with Gasteiger partial charge in [-0.25, -0.2) is 14.4 Å². The summed E-state index contributed by atoms with van der Waals surface area (Å²) in [5.41, 5.74) is 6.04. The molecule has 0 bridgehead atoms. The van der Waals surface area contributed by atoms with Crippen LogP contribution in [0.1, 0.15) is 99.3 Å². The van der Waals surface area contributed by atoms with Gasteiger partial charge in [-0.2, -0.15) is 10.2 Å². The lowest BCUT2D eigenvalue weighted by atomic mass is 9.79. The molecular formula is C59H56ClFN14O3. The quantitative estimate of drug-likeness (QED) is 0.0480. The Morgan fingerprint density at radius 2 is 1.37 bits per heavy atom. The second-order valence-corrected chi connectivity index (χ2v) is 20.6. The molecule has 0 aliphatic carbocycles. The van der Waals surface area contributed by atoms with Crippen LogP contribution in [0.25, 0.3) is 33.5 Å². The molecule has 2 saturated heterocycles. The second-order valence-electron chi connectivity index (χ2n) is 20.2. The molecule has 17 nitrogen and oxygen atoms in total. The van der Waals surface area contributed by atoms with Crippen LogP contribution >= 0.6 is 11.6 Å². The van der Waals surface area contributed by atoms with Crippen LogP contribution < -0.4 is 36.6 Å². The first-order valence-corrected chi connectivity index (χ1v) is 26.6. The highest BCUT2D eigenvalue weighted by atomic mass is 35.5. The lowest BCUT2D eigenvalue weighted by Crippen LogP contribution is -2.48.